The molecule has 2 aromatic heterocycles. The number of nitrogens with two attached hydrogens (primary N) is 1. The number of hydrogen-bond donors (Lipinski definition) is 2. The first-order valence-electron chi connectivity index (χ1n) is 16.8. The second kappa shape index (κ2) is 10.8. The zero-order valence-electron chi connectivity index (χ0n) is 27.7. The second-order valence-electron chi connectivity index (χ2n) is 13.4. The molecule has 4 saturated heterocycles. The van der Waals surface area contributed by atoms with E-state index in [1.807, 2.05) is 4.90 Å². The quantitative estimate of drug-likeness (QED) is 0.308. The number of piperazine rings is 1. The van der Waals surface area contributed by atoms with E-state index < -0.39 is 75.7 Å². The van der Waals surface area contributed by atoms with E-state index in [4.69, 9.17) is 13.2 Å². The molecule has 0 saturated carbocycles. The van der Waals surface area contributed by atoms with Crippen LogP contribution >= 0.6 is 0 Å². The van der Waals surface area contributed by atoms with Crippen LogP contribution in [0, 0.1) is 18.6 Å². The summed E-state index contributed by atoms with van der Waals surface area (Å²) in [6, 6.07) is -0.201. The van der Waals surface area contributed by atoms with Crippen LogP contribution in [-0.2, 0) is 6.18 Å². The van der Waals surface area contributed by atoms with Crippen molar-refractivity contribution in [2.24, 2.45) is 0 Å². The summed E-state index contributed by atoms with van der Waals surface area (Å²) in [6.45, 7) is 3.05. The minimum atomic E-state index is -5.08. The number of fused-ring (bicyclic) bond motifs is 6. The molecule has 254 valence electrons. The molecule has 1 aromatic carbocycles. The van der Waals surface area contributed by atoms with Gasteiger partial charge in [-0.15, -0.1) is 0 Å². The van der Waals surface area contributed by atoms with Gasteiger partial charge in [-0.25, -0.2) is 13.8 Å². The number of hydrogen-bond acceptors (Lipinski definition) is 8. The lowest BCUT2D eigenvalue weighted by Crippen LogP contribution is -2.58. The highest BCUT2D eigenvalue weighted by Crippen LogP contribution is 2.49. The van der Waals surface area contributed by atoms with Crippen LogP contribution in [0.3, 0.4) is 0 Å². The summed E-state index contributed by atoms with van der Waals surface area (Å²) in [7, 11) is 0. The van der Waals surface area contributed by atoms with Crippen LogP contribution in [0.4, 0.5) is 42.4 Å². The van der Waals surface area contributed by atoms with E-state index in [-0.39, 0.29) is 71.8 Å². The van der Waals surface area contributed by atoms with E-state index in [2.05, 4.69) is 26.8 Å². The highest BCUT2D eigenvalue weighted by Gasteiger charge is 2.49. The Bertz CT molecular complexity index is 2020. The molecule has 0 amide bonds. The van der Waals surface area contributed by atoms with Crippen LogP contribution in [0.25, 0.3) is 27.7 Å². The number of aromatic nitrogens is 3. The Balaban J connectivity index is 1.38. The number of halogens is 7. The van der Waals surface area contributed by atoms with E-state index in [1.54, 1.807) is 4.90 Å². The Hall–Kier alpha value is -3.98. The van der Waals surface area contributed by atoms with Gasteiger partial charge >= 0.3 is 12.2 Å². The molecule has 8 rings (SSSR count). The van der Waals surface area contributed by atoms with Crippen molar-refractivity contribution in [2.45, 2.75) is 75.3 Å². The van der Waals surface area contributed by atoms with Crippen molar-refractivity contribution >= 4 is 28.1 Å². The van der Waals surface area contributed by atoms with E-state index >= 15 is 8.78 Å². The topological polar surface area (TPSA) is 92.4 Å². The zero-order chi connectivity index (χ0) is 35.7. The molecule has 0 aliphatic carbocycles. The van der Waals surface area contributed by atoms with Gasteiger partial charge in [0, 0.05) is 42.4 Å². The van der Waals surface area contributed by atoms with Crippen molar-refractivity contribution in [3.8, 4) is 17.3 Å². The van der Waals surface area contributed by atoms with E-state index in [9.17, 15) is 22.0 Å². The predicted molar refractivity (Wildman–Crippen MR) is 164 cm³/mol. The van der Waals surface area contributed by atoms with E-state index in [1.165, 1.54) is 0 Å². The number of rotatable bonds is 4. The molecule has 5 aliphatic heterocycles. The van der Waals surface area contributed by atoms with Crippen molar-refractivity contribution in [1.29, 1.82) is 0 Å². The number of ether oxygens (including phenoxy) is 1. The summed E-state index contributed by atoms with van der Waals surface area (Å²) in [5, 5.41) is 3.37. The third-order valence-electron chi connectivity index (χ3n) is 10.5. The predicted octanol–water partition coefficient (Wildman–Crippen LogP) is 6.37. The summed E-state index contributed by atoms with van der Waals surface area (Å²) in [6.07, 6.45) is -4.88. The summed E-state index contributed by atoms with van der Waals surface area (Å²) in [4.78, 5) is 16.0. The molecule has 4 atom stereocenters. The lowest BCUT2D eigenvalue weighted by Gasteiger charge is -2.41. The Kier molecular flexibility index (Phi) is 6.50. The highest BCUT2D eigenvalue weighted by molar-refractivity contribution is 6.03. The molecule has 48 heavy (non-hydrogen) atoms. The largest absolute Gasteiger partial charge is 0.461 e. The fourth-order valence-electron chi connectivity index (χ4n) is 8.46. The smallest absolute Gasteiger partial charge is 0.418 e. The molecule has 15 heteroatoms. The number of benzene rings is 1. The van der Waals surface area contributed by atoms with E-state index in [0.717, 1.165) is 25.8 Å². The second-order valence-corrected chi connectivity index (χ2v) is 13.4. The summed E-state index contributed by atoms with van der Waals surface area (Å²) in [5.41, 5.74) is -0.635. The maximum absolute atomic E-state index is 17.0. The number of nitrogens with one attached hydrogen (secondary N) is 1. The van der Waals surface area contributed by atoms with Gasteiger partial charge in [0.25, 0.3) is 6.08 Å². The number of nitrogens with zero attached hydrogens (tertiary/aromatic N) is 5. The van der Waals surface area contributed by atoms with Crippen molar-refractivity contribution in [2.75, 3.05) is 36.8 Å². The SMILES string of the molecule is [2H]C([2H])(Oc1nc2c3c(c(F)c(-c4nc(N)cc(C)c4C(F)(F)F)c(F)c3n1)C(=C)C[C@@H]1[C@@H]3CC[C@H](CN21)N3)[C@@]12CCCN1CC(=C(F)F)C2. The minimum Gasteiger partial charge on any atom is -0.461 e. The number of aryl methyl sites for hydroxylation is 1. The average Bonchev–Trinajstić information content (AvgIpc) is 3.69. The minimum absolute atomic E-state index is 0.0000926. The van der Waals surface area contributed by atoms with Gasteiger partial charge in [-0.1, -0.05) is 6.58 Å². The van der Waals surface area contributed by atoms with Gasteiger partial charge in [0.1, 0.15) is 29.5 Å². The summed E-state index contributed by atoms with van der Waals surface area (Å²) in [5.74, 6) is -3.23. The van der Waals surface area contributed by atoms with Gasteiger partial charge in [-0.2, -0.15) is 31.9 Å². The third kappa shape index (κ3) is 4.67. The van der Waals surface area contributed by atoms with Crippen molar-refractivity contribution in [3.05, 3.63) is 52.6 Å². The molecule has 4 fully saturated rings. The summed E-state index contributed by atoms with van der Waals surface area (Å²) >= 11 is 0. The molecule has 3 N–H and O–H groups in total. The molecule has 2 bridgehead atoms. The first-order chi connectivity index (χ1) is 23.5. The van der Waals surface area contributed by atoms with Gasteiger partial charge in [-0.05, 0) is 69.2 Å². The first kappa shape index (κ1) is 29.0. The van der Waals surface area contributed by atoms with Crippen molar-refractivity contribution in [3.63, 3.8) is 0 Å². The molecule has 5 aliphatic rings. The Morgan fingerprint density at radius 1 is 1.19 bits per heavy atom. The highest BCUT2D eigenvalue weighted by atomic mass is 19.4. The van der Waals surface area contributed by atoms with Gasteiger partial charge in [0.05, 0.1) is 30.5 Å². The van der Waals surface area contributed by atoms with E-state index in [0.29, 0.717) is 19.5 Å². The fourth-order valence-corrected chi connectivity index (χ4v) is 8.46. The maximum Gasteiger partial charge on any atom is 0.418 e. The van der Waals surface area contributed by atoms with Crippen LogP contribution in [-0.4, -0.2) is 69.7 Å². The number of anilines is 2. The molecule has 3 aromatic rings. The van der Waals surface area contributed by atoms with Crippen LogP contribution < -0.4 is 20.7 Å². The van der Waals surface area contributed by atoms with Gasteiger partial charge in [-0.3, -0.25) is 4.90 Å². The first-order valence-corrected chi connectivity index (χ1v) is 15.8. The number of alkyl halides is 3. The normalized spacial score (nSPS) is 27.6. The molecule has 0 spiro atoms. The molecule has 0 unspecified atom stereocenters. The number of nitrogen functional groups attached to an aromatic ring is 1. The molecule has 0 radical (unpaired) electrons. The lowest BCUT2D eigenvalue weighted by molar-refractivity contribution is -0.137. The third-order valence-corrected chi connectivity index (χ3v) is 10.5. The molecular weight excluding hydrogens is 643 g/mol. The molecule has 8 nitrogen and oxygen atoms in total. The van der Waals surface area contributed by atoms with Gasteiger partial charge in [0.2, 0.25) is 0 Å². The van der Waals surface area contributed by atoms with Crippen molar-refractivity contribution < 1.29 is 38.2 Å². The van der Waals surface area contributed by atoms with Crippen molar-refractivity contribution in [1.82, 2.24) is 25.2 Å². The monoisotopic (exact) mass is 677 g/mol. The Morgan fingerprint density at radius 2 is 1.98 bits per heavy atom. The lowest BCUT2D eigenvalue weighted by atomic mass is 9.90. The van der Waals surface area contributed by atoms with Crippen LogP contribution in [0.5, 0.6) is 6.01 Å². The van der Waals surface area contributed by atoms with Gasteiger partial charge in [0.15, 0.2) is 5.82 Å². The average molecular weight is 678 g/mol. The van der Waals surface area contributed by atoms with Crippen LogP contribution in [0.15, 0.2) is 24.3 Å². The van der Waals surface area contributed by atoms with Gasteiger partial charge < -0.3 is 20.7 Å². The maximum atomic E-state index is 17.0. The summed E-state index contributed by atoms with van der Waals surface area (Å²) < 4.78 is 129. The standard InChI is InChI=1S/C33H32F7N7O/c1-14-8-19-18-5-4-17(42-18)12-47(19)30-22-21(14)25(34)23(27-24(33(38,39)40)15(2)9-20(41)43-27)26(35)28(22)44-31(45-30)48-13-32-6-3-7-46(32)11-16(10-32)29(36)37/h9,17-19,42H,1,3-8,10-13H2,2H3,(H2,41,43)/t17-,18+,19-,32+/m1/s1/i13D2. The zero-order valence-corrected chi connectivity index (χ0v) is 25.7. The Morgan fingerprint density at radius 3 is 2.73 bits per heavy atom. The fraction of sp³-hybridized carbons (Fsp3) is 0.485. The molecule has 7 heterocycles. The van der Waals surface area contributed by atoms with Crippen LogP contribution in [0.1, 0.15) is 58.0 Å². The van der Waals surface area contributed by atoms with Crippen LogP contribution in [0.2, 0.25) is 0 Å². The Labute approximate surface area is 273 Å². The molecular formula is C33H32F7N7O. The number of pyridine rings is 1.